The molecular formula is C35H41Cl3IN3O2. The summed E-state index contributed by atoms with van der Waals surface area (Å²) in [7, 11) is 1.92. The van der Waals surface area contributed by atoms with Gasteiger partial charge in [-0.2, -0.15) is 0 Å². The number of hydrogen-bond donors (Lipinski definition) is 0. The van der Waals surface area contributed by atoms with Crippen molar-refractivity contribution < 1.29 is 9.59 Å². The molecule has 3 aromatic carbocycles. The van der Waals surface area contributed by atoms with Gasteiger partial charge in [-0.1, -0.05) is 78.2 Å². The van der Waals surface area contributed by atoms with E-state index in [1.54, 1.807) is 6.92 Å². The van der Waals surface area contributed by atoms with Gasteiger partial charge < -0.3 is 4.90 Å². The van der Waals surface area contributed by atoms with Crippen molar-refractivity contribution >= 4 is 69.9 Å². The molecule has 5 nitrogen and oxygen atoms in total. The number of amides is 1. The van der Waals surface area contributed by atoms with E-state index in [-0.39, 0.29) is 41.7 Å². The van der Waals surface area contributed by atoms with Gasteiger partial charge >= 0.3 is 0 Å². The molecular weight excluding hydrogens is 728 g/mol. The Hall–Kier alpha value is -1.68. The Balaban J connectivity index is 0.00000442. The maximum Gasteiger partial charge on any atom is 0.219 e. The summed E-state index contributed by atoms with van der Waals surface area (Å²) in [5.41, 5.74) is 2.61. The van der Waals surface area contributed by atoms with E-state index >= 15 is 0 Å². The molecule has 9 heteroatoms. The van der Waals surface area contributed by atoms with Crippen LogP contribution in [0.2, 0.25) is 10.0 Å². The third kappa shape index (κ3) is 7.81. The number of benzene rings is 3. The van der Waals surface area contributed by atoms with Crippen LogP contribution in [0.15, 0.2) is 72.8 Å². The first-order chi connectivity index (χ1) is 20.7. The fourth-order valence-electron chi connectivity index (χ4n) is 6.96. The highest BCUT2D eigenvalue weighted by Crippen LogP contribution is 2.42. The van der Waals surface area contributed by atoms with Gasteiger partial charge in [0.2, 0.25) is 5.91 Å². The van der Waals surface area contributed by atoms with Crippen LogP contribution in [0.5, 0.6) is 0 Å². The van der Waals surface area contributed by atoms with Gasteiger partial charge in [0.1, 0.15) is 0 Å². The fourth-order valence-corrected chi connectivity index (χ4v) is 7.62. The molecule has 2 heterocycles. The average molecular weight is 769 g/mol. The Morgan fingerprint density at radius 2 is 1.50 bits per heavy atom. The molecule has 0 spiro atoms. The first-order valence-electron chi connectivity index (χ1n) is 15.2. The Kier molecular flexibility index (Phi) is 12.6. The lowest BCUT2D eigenvalue weighted by Gasteiger charge is -2.50. The van der Waals surface area contributed by atoms with Crippen molar-refractivity contribution in [2.24, 2.45) is 0 Å². The standard InChI is InChI=1S/C35H40Cl2IN3O2.ClH/c1-25(42)39(2)35(28-9-5-3-6-10-28)17-21-41(22-18-35)32(27-13-16-30(36)31(37)23-27)24-33(40-19-7-4-8-20-40)34(43)26-11-14-29(38)15-12-26;/h3,5-6,9-16,23,32-33H,4,7-8,17-22,24H2,1-2H3;1H. The molecule has 0 N–H and O–H groups in total. The molecule has 44 heavy (non-hydrogen) atoms. The lowest BCUT2D eigenvalue weighted by atomic mass is 9.78. The van der Waals surface area contributed by atoms with Gasteiger partial charge in [-0.3, -0.25) is 19.4 Å². The molecule has 0 aliphatic carbocycles. The number of carbonyl (C=O) groups excluding carboxylic acids is 2. The van der Waals surface area contributed by atoms with E-state index in [1.807, 2.05) is 54.4 Å². The quantitative estimate of drug-likeness (QED) is 0.162. The molecule has 2 fully saturated rings. The van der Waals surface area contributed by atoms with Crippen LogP contribution in [0.1, 0.15) is 73.0 Å². The van der Waals surface area contributed by atoms with Crippen molar-refractivity contribution in [3.8, 4) is 0 Å². The molecule has 2 aliphatic rings. The van der Waals surface area contributed by atoms with E-state index in [2.05, 4.69) is 62.7 Å². The van der Waals surface area contributed by atoms with E-state index in [9.17, 15) is 9.59 Å². The topological polar surface area (TPSA) is 43.9 Å². The summed E-state index contributed by atoms with van der Waals surface area (Å²) in [6.07, 6.45) is 5.66. The van der Waals surface area contributed by atoms with Crippen LogP contribution in [-0.4, -0.2) is 65.7 Å². The largest absolute Gasteiger partial charge is 0.336 e. The SMILES string of the molecule is CC(=O)N(C)C1(c2ccccc2)CCN(C(CC(C(=O)c2ccc(I)cc2)N2CCCCC2)c2ccc(Cl)c(Cl)c2)CC1.Cl. The second kappa shape index (κ2) is 15.7. The Bertz CT molecular complexity index is 1410. The van der Waals surface area contributed by atoms with Crippen molar-refractivity contribution in [1.82, 2.24) is 14.7 Å². The fraction of sp³-hybridized carbons (Fsp3) is 0.429. The Morgan fingerprint density at radius 1 is 0.864 bits per heavy atom. The number of halogens is 4. The summed E-state index contributed by atoms with van der Waals surface area (Å²) < 4.78 is 1.11. The first-order valence-corrected chi connectivity index (χ1v) is 17.1. The zero-order valence-electron chi connectivity index (χ0n) is 25.4. The second-order valence-corrected chi connectivity index (χ2v) is 14.0. The lowest BCUT2D eigenvalue weighted by Crippen LogP contribution is -2.54. The molecule has 2 saturated heterocycles. The van der Waals surface area contributed by atoms with E-state index in [0.717, 1.165) is 66.6 Å². The maximum atomic E-state index is 14.2. The molecule has 0 bridgehead atoms. The summed E-state index contributed by atoms with van der Waals surface area (Å²) in [6, 6.07) is 23.9. The van der Waals surface area contributed by atoms with Crippen LogP contribution in [0.4, 0.5) is 0 Å². The summed E-state index contributed by atoms with van der Waals surface area (Å²) in [5, 5.41) is 1.05. The average Bonchev–Trinajstić information content (AvgIpc) is 3.03. The van der Waals surface area contributed by atoms with Gasteiger partial charge in [0.25, 0.3) is 0 Å². The summed E-state index contributed by atoms with van der Waals surface area (Å²) in [4.78, 5) is 33.8. The molecule has 0 aromatic heterocycles. The number of likely N-dealkylation sites (tertiary alicyclic amines) is 2. The van der Waals surface area contributed by atoms with Gasteiger partial charge in [0, 0.05) is 42.2 Å². The van der Waals surface area contributed by atoms with Crippen LogP contribution < -0.4 is 0 Å². The number of piperidine rings is 2. The highest BCUT2D eigenvalue weighted by molar-refractivity contribution is 14.1. The number of Topliss-reactive ketones (excluding diaryl/α,β-unsaturated/α-hetero) is 1. The van der Waals surface area contributed by atoms with Gasteiger partial charge in [-0.15, -0.1) is 12.4 Å². The summed E-state index contributed by atoms with van der Waals surface area (Å²) in [6.45, 7) is 5.06. The molecule has 236 valence electrons. The number of hydrogen-bond acceptors (Lipinski definition) is 4. The number of rotatable bonds is 9. The van der Waals surface area contributed by atoms with Crippen LogP contribution in [0, 0.1) is 3.57 Å². The molecule has 1 amide bonds. The van der Waals surface area contributed by atoms with Gasteiger partial charge in [0.15, 0.2) is 5.78 Å². The van der Waals surface area contributed by atoms with Crippen LogP contribution >= 0.6 is 58.2 Å². The van der Waals surface area contributed by atoms with Crippen molar-refractivity contribution in [2.45, 2.75) is 63.1 Å². The summed E-state index contributed by atoms with van der Waals surface area (Å²) >= 11 is 15.2. The zero-order chi connectivity index (χ0) is 30.6. The van der Waals surface area contributed by atoms with Crippen LogP contribution in [0.3, 0.4) is 0 Å². The Morgan fingerprint density at radius 3 is 2.09 bits per heavy atom. The number of ketones is 1. The molecule has 0 saturated carbocycles. The molecule has 2 aliphatic heterocycles. The van der Waals surface area contributed by atoms with Crippen molar-refractivity contribution in [2.75, 3.05) is 33.2 Å². The van der Waals surface area contributed by atoms with Crippen LogP contribution in [0.25, 0.3) is 0 Å². The highest BCUT2D eigenvalue weighted by Gasteiger charge is 2.43. The molecule has 3 aromatic rings. The van der Waals surface area contributed by atoms with Crippen molar-refractivity contribution in [1.29, 1.82) is 0 Å². The van der Waals surface area contributed by atoms with Gasteiger partial charge in [-0.25, -0.2) is 0 Å². The van der Waals surface area contributed by atoms with Crippen molar-refractivity contribution in [3.05, 3.63) is 103 Å². The van der Waals surface area contributed by atoms with E-state index in [0.29, 0.717) is 16.5 Å². The third-order valence-electron chi connectivity index (χ3n) is 9.53. The molecule has 5 rings (SSSR count). The third-order valence-corrected chi connectivity index (χ3v) is 11.0. The van der Waals surface area contributed by atoms with Crippen molar-refractivity contribution in [3.63, 3.8) is 0 Å². The Labute approximate surface area is 291 Å². The van der Waals surface area contributed by atoms with E-state index < -0.39 is 0 Å². The van der Waals surface area contributed by atoms with Crippen LogP contribution in [-0.2, 0) is 10.3 Å². The second-order valence-electron chi connectivity index (χ2n) is 11.9. The zero-order valence-corrected chi connectivity index (χ0v) is 29.8. The summed E-state index contributed by atoms with van der Waals surface area (Å²) in [5.74, 6) is 0.238. The lowest BCUT2D eigenvalue weighted by molar-refractivity contribution is -0.136. The highest BCUT2D eigenvalue weighted by atomic mass is 127. The minimum atomic E-state index is -0.380. The van der Waals surface area contributed by atoms with Gasteiger partial charge in [0.05, 0.1) is 21.6 Å². The first kappa shape index (κ1) is 35.2. The maximum absolute atomic E-state index is 14.2. The minimum absolute atomic E-state index is 0. The molecule has 2 unspecified atom stereocenters. The normalized spacial score (nSPS) is 18.6. The number of nitrogens with zero attached hydrogens (tertiary/aromatic N) is 3. The van der Waals surface area contributed by atoms with Gasteiger partial charge in [-0.05, 0) is 103 Å². The molecule has 2 atom stereocenters. The predicted molar refractivity (Wildman–Crippen MR) is 191 cm³/mol. The predicted octanol–water partition coefficient (Wildman–Crippen LogP) is 8.66. The smallest absolute Gasteiger partial charge is 0.219 e. The monoisotopic (exact) mass is 767 g/mol. The van der Waals surface area contributed by atoms with E-state index in [1.165, 1.54) is 12.0 Å². The number of carbonyl (C=O) groups is 2. The molecule has 0 radical (unpaired) electrons. The minimum Gasteiger partial charge on any atom is -0.336 e. The van der Waals surface area contributed by atoms with E-state index in [4.69, 9.17) is 23.2 Å².